The normalized spacial score (nSPS) is 11.5. The van der Waals surface area contributed by atoms with E-state index in [1.165, 1.54) is 0 Å². The molecule has 21 heavy (non-hydrogen) atoms. The van der Waals surface area contributed by atoms with E-state index in [1.54, 1.807) is 25.1 Å². The van der Waals surface area contributed by atoms with Crippen molar-refractivity contribution in [3.8, 4) is 11.8 Å². The first-order valence-corrected chi connectivity index (χ1v) is 6.82. The topological polar surface area (TPSA) is 65.3 Å². The number of nitrogens with zero attached hydrogens (tertiary/aromatic N) is 1. The molecule has 0 aromatic heterocycles. The van der Waals surface area contributed by atoms with Crippen LogP contribution in [-0.4, -0.2) is 17.8 Å². The van der Waals surface area contributed by atoms with E-state index in [-0.39, 0.29) is 0 Å². The maximum atomic E-state index is 9.32. The molecular formula is C17H18N2O2. The fourth-order valence-electron chi connectivity index (χ4n) is 1.86. The fourth-order valence-corrected chi connectivity index (χ4v) is 1.86. The SMILES string of the molecule is C[C@H](O)CNc1cc(OCc2ccccc2)ccc1C#N. The van der Waals surface area contributed by atoms with Gasteiger partial charge in [-0.2, -0.15) is 5.26 Å². The number of rotatable bonds is 6. The van der Waals surface area contributed by atoms with Crippen LogP contribution in [0.25, 0.3) is 0 Å². The molecule has 2 aromatic carbocycles. The molecule has 0 amide bonds. The van der Waals surface area contributed by atoms with E-state index in [2.05, 4.69) is 11.4 Å². The van der Waals surface area contributed by atoms with Crippen LogP contribution in [0.3, 0.4) is 0 Å². The quantitative estimate of drug-likeness (QED) is 0.855. The Morgan fingerprint density at radius 2 is 2.00 bits per heavy atom. The Hall–Kier alpha value is -2.51. The summed E-state index contributed by atoms with van der Waals surface area (Å²) in [4.78, 5) is 0. The minimum Gasteiger partial charge on any atom is -0.489 e. The molecule has 0 saturated heterocycles. The average molecular weight is 282 g/mol. The molecule has 0 aliphatic rings. The Morgan fingerprint density at radius 3 is 2.67 bits per heavy atom. The van der Waals surface area contributed by atoms with E-state index in [4.69, 9.17) is 10.00 Å². The van der Waals surface area contributed by atoms with Gasteiger partial charge in [0.25, 0.3) is 0 Å². The third kappa shape index (κ3) is 4.51. The lowest BCUT2D eigenvalue weighted by Gasteiger charge is -2.12. The lowest BCUT2D eigenvalue weighted by atomic mass is 10.1. The van der Waals surface area contributed by atoms with Crippen LogP contribution in [0, 0.1) is 11.3 Å². The molecule has 4 heteroatoms. The van der Waals surface area contributed by atoms with Gasteiger partial charge in [0.2, 0.25) is 0 Å². The second kappa shape index (κ2) is 7.32. The van der Waals surface area contributed by atoms with Gasteiger partial charge < -0.3 is 15.2 Å². The van der Waals surface area contributed by atoms with Crippen LogP contribution >= 0.6 is 0 Å². The standard InChI is InChI=1S/C17H18N2O2/c1-13(20)11-19-17-9-16(8-7-15(17)10-18)21-12-14-5-3-2-4-6-14/h2-9,13,19-20H,11-12H2,1H3/t13-/m0/s1. The maximum Gasteiger partial charge on any atom is 0.121 e. The van der Waals surface area contributed by atoms with Gasteiger partial charge in [-0.1, -0.05) is 30.3 Å². The van der Waals surface area contributed by atoms with Crippen LogP contribution < -0.4 is 10.1 Å². The molecule has 0 aliphatic carbocycles. The predicted molar refractivity (Wildman–Crippen MR) is 82.1 cm³/mol. The van der Waals surface area contributed by atoms with Crippen molar-refractivity contribution in [2.75, 3.05) is 11.9 Å². The van der Waals surface area contributed by atoms with Crippen molar-refractivity contribution in [1.29, 1.82) is 5.26 Å². The van der Waals surface area contributed by atoms with E-state index < -0.39 is 6.10 Å². The van der Waals surface area contributed by atoms with Crippen molar-refractivity contribution >= 4 is 5.69 Å². The number of nitriles is 1. The number of anilines is 1. The van der Waals surface area contributed by atoms with Crippen molar-refractivity contribution in [1.82, 2.24) is 0 Å². The molecule has 2 aromatic rings. The molecule has 0 fully saturated rings. The van der Waals surface area contributed by atoms with E-state index in [1.807, 2.05) is 30.3 Å². The number of benzene rings is 2. The number of aliphatic hydroxyl groups is 1. The van der Waals surface area contributed by atoms with Crippen molar-refractivity contribution in [2.24, 2.45) is 0 Å². The highest BCUT2D eigenvalue weighted by Gasteiger charge is 2.05. The van der Waals surface area contributed by atoms with E-state index in [0.717, 1.165) is 5.56 Å². The minimum atomic E-state index is -0.481. The summed E-state index contributed by atoms with van der Waals surface area (Å²) in [5.74, 6) is 0.686. The molecule has 0 saturated carbocycles. The van der Waals surface area contributed by atoms with Crippen LogP contribution in [0.4, 0.5) is 5.69 Å². The van der Waals surface area contributed by atoms with Crippen LogP contribution in [0.1, 0.15) is 18.1 Å². The number of ether oxygens (including phenoxy) is 1. The number of hydrogen-bond acceptors (Lipinski definition) is 4. The molecule has 0 heterocycles. The smallest absolute Gasteiger partial charge is 0.121 e. The molecule has 108 valence electrons. The van der Waals surface area contributed by atoms with Gasteiger partial charge in [0.15, 0.2) is 0 Å². The van der Waals surface area contributed by atoms with Gasteiger partial charge in [-0.3, -0.25) is 0 Å². The zero-order valence-electron chi connectivity index (χ0n) is 11.9. The van der Waals surface area contributed by atoms with Crippen molar-refractivity contribution in [2.45, 2.75) is 19.6 Å². The van der Waals surface area contributed by atoms with Gasteiger partial charge in [-0.05, 0) is 24.6 Å². The Bertz CT molecular complexity index is 618. The third-order valence-electron chi connectivity index (χ3n) is 2.95. The highest BCUT2D eigenvalue weighted by atomic mass is 16.5. The summed E-state index contributed by atoms with van der Waals surface area (Å²) in [7, 11) is 0. The summed E-state index contributed by atoms with van der Waals surface area (Å²) in [5.41, 5.74) is 2.28. The highest BCUT2D eigenvalue weighted by Crippen LogP contribution is 2.23. The van der Waals surface area contributed by atoms with Gasteiger partial charge >= 0.3 is 0 Å². The first-order chi connectivity index (χ1) is 10.2. The molecule has 2 rings (SSSR count). The van der Waals surface area contributed by atoms with Gasteiger partial charge in [-0.15, -0.1) is 0 Å². The van der Waals surface area contributed by atoms with Crippen LogP contribution in [0.2, 0.25) is 0 Å². The predicted octanol–water partition coefficient (Wildman–Crippen LogP) is 2.93. The zero-order chi connectivity index (χ0) is 15.1. The van der Waals surface area contributed by atoms with Crippen molar-refractivity contribution in [3.05, 3.63) is 59.7 Å². The maximum absolute atomic E-state index is 9.32. The average Bonchev–Trinajstić information content (AvgIpc) is 2.52. The minimum absolute atomic E-state index is 0.386. The molecule has 0 spiro atoms. The second-order valence-electron chi connectivity index (χ2n) is 4.82. The summed E-state index contributed by atoms with van der Waals surface area (Å²) in [6, 6.07) is 17.3. The first-order valence-electron chi connectivity index (χ1n) is 6.82. The molecule has 4 nitrogen and oxygen atoms in total. The molecule has 0 radical (unpaired) electrons. The summed E-state index contributed by atoms with van der Waals surface area (Å²) >= 11 is 0. The summed E-state index contributed by atoms with van der Waals surface area (Å²) < 4.78 is 5.73. The lowest BCUT2D eigenvalue weighted by Crippen LogP contribution is -2.16. The number of nitrogens with one attached hydrogen (secondary N) is 1. The Kier molecular flexibility index (Phi) is 5.19. The fraction of sp³-hybridized carbons (Fsp3) is 0.235. The summed E-state index contributed by atoms with van der Waals surface area (Å²) in [5, 5.41) is 21.5. The van der Waals surface area contributed by atoms with E-state index >= 15 is 0 Å². The van der Waals surface area contributed by atoms with E-state index in [0.29, 0.717) is 30.2 Å². The van der Waals surface area contributed by atoms with Crippen molar-refractivity contribution < 1.29 is 9.84 Å². The van der Waals surface area contributed by atoms with E-state index in [9.17, 15) is 5.11 Å². The third-order valence-corrected chi connectivity index (χ3v) is 2.95. The molecule has 0 unspecified atom stereocenters. The molecule has 0 bridgehead atoms. The Balaban J connectivity index is 2.06. The first kappa shape index (κ1) is 14.9. The molecule has 1 atom stereocenters. The van der Waals surface area contributed by atoms with Crippen LogP contribution in [0.5, 0.6) is 5.75 Å². The zero-order valence-corrected chi connectivity index (χ0v) is 11.9. The summed E-state index contributed by atoms with van der Waals surface area (Å²) in [6.45, 7) is 2.55. The lowest BCUT2D eigenvalue weighted by molar-refractivity contribution is 0.208. The summed E-state index contributed by atoms with van der Waals surface area (Å²) in [6.07, 6.45) is -0.481. The second-order valence-corrected chi connectivity index (χ2v) is 4.82. The highest BCUT2D eigenvalue weighted by molar-refractivity contribution is 5.60. The van der Waals surface area contributed by atoms with Crippen LogP contribution in [0.15, 0.2) is 48.5 Å². The molecular weight excluding hydrogens is 264 g/mol. The monoisotopic (exact) mass is 282 g/mol. The largest absolute Gasteiger partial charge is 0.489 e. The van der Waals surface area contributed by atoms with Gasteiger partial charge in [0.1, 0.15) is 18.4 Å². The van der Waals surface area contributed by atoms with Crippen LogP contribution in [-0.2, 0) is 6.61 Å². The molecule has 0 aliphatic heterocycles. The Labute approximate surface area is 124 Å². The molecule has 2 N–H and O–H groups in total. The van der Waals surface area contributed by atoms with Gasteiger partial charge in [-0.25, -0.2) is 0 Å². The van der Waals surface area contributed by atoms with Gasteiger partial charge in [0, 0.05) is 12.6 Å². The Morgan fingerprint density at radius 1 is 1.24 bits per heavy atom. The number of hydrogen-bond donors (Lipinski definition) is 2. The van der Waals surface area contributed by atoms with Gasteiger partial charge in [0.05, 0.1) is 17.4 Å². The van der Waals surface area contributed by atoms with Crippen molar-refractivity contribution in [3.63, 3.8) is 0 Å². The number of aliphatic hydroxyl groups excluding tert-OH is 1.